The molecular weight excluding hydrogens is 815 g/mol. The summed E-state index contributed by atoms with van der Waals surface area (Å²) in [7, 11) is 0. The van der Waals surface area contributed by atoms with Crippen LogP contribution in [0.15, 0.2) is 237 Å². The van der Waals surface area contributed by atoms with Crippen LogP contribution in [0.2, 0.25) is 0 Å². The van der Waals surface area contributed by atoms with Gasteiger partial charge in [0.2, 0.25) is 5.95 Å². The minimum atomic E-state index is 0.562. The normalized spacial score (nSPS) is 12.8. The van der Waals surface area contributed by atoms with Crippen molar-refractivity contribution in [2.24, 2.45) is 0 Å². The maximum absolute atomic E-state index is 5.50. The molecule has 0 N–H and O–H groups in total. The molecule has 9 aromatic carbocycles. The van der Waals surface area contributed by atoms with Gasteiger partial charge in [-0.25, -0.2) is 4.98 Å². The topological polar surface area (TPSA) is 48.5 Å². The zero-order valence-electron chi connectivity index (χ0n) is 36.5. The fourth-order valence-corrected chi connectivity index (χ4v) is 10.0. The highest BCUT2D eigenvalue weighted by molar-refractivity contribution is 6.23. The summed E-state index contributed by atoms with van der Waals surface area (Å²) in [5.41, 5.74) is 14.2. The van der Waals surface area contributed by atoms with Crippen LogP contribution in [0.3, 0.4) is 0 Å². The van der Waals surface area contributed by atoms with Gasteiger partial charge >= 0.3 is 0 Å². The van der Waals surface area contributed by atoms with Crippen molar-refractivity contribution in [1.29, 1.82) is 0 Å². The summed E-state index contributed by atoms with van der Waals surface area (Å²) in [5.74, 6) is 1.81. The highest BCUT2D eigenvalue weighted by atomic mass is 15.2. The Hall–Kier alpha value is -8.93. The number of fused-ring (bicyclic) bond motifs is 8. The predicted molar refractivity (Wildman–Crippen MR) is 278 cm³/mol. The molecule has 0 spiro atoms. The Morgan fingerprint density at radius 2 is 0.955 bits per heavy atom. The summed E-state index contributed by atoms with van der Waals surface area (Å²) in [4.78, 5) is 16.3. The average Bonchev–Trinajstić information content (AvgIpc) is 3.80. The van der Waals surface area contributed by atoms with Gasteiger partial charge < -0.3 is 4.57 Å². The third kappa shape index (κ3) is 6.67. The molecule has 0 bridgehead atoms. The molecule has 0 fully saturated rings. The van der Waals surface area contributed by atoms with Crippen LogP contribution in [0.25, 0.3) is 111 Å². The second-order valence-corrected chi connectivity index (χ2v) is 17.2. The molecule has 5 nitrogen and oxygen atoms in total. The van der Waals surface area contributed by atoms with Gasteiger partial charge in [0.25, 0.3) is 0 Å². The summed E-state index contributed by atoms with van der Waals surface area (Å²) < 4.78 is 4.71. The van der Waals surface area contributed by atoms with E-state index in [0.717, 1.165) is 77.3 Å². The Bertz CT molecular complexity index is 4000. The molecule has 1 aliphatic rings. The lowest BCUT2D eigenvalue weighted by molar-refractivity contribution is 0.927. The lowest BCUT2D eigenvalue weighted by Gasteiger charge is -2.14. The molecule has 1 aliphatic carbocycles. The first-order chi connectivity index (χ1) is 33.2. The summed E-state index contributed by atoms with van der Waals surface area (Å²) in [5, 5.41) is 7.04. The standard InChI is InChI=1S/C62H41N5/c1-3-16-41(17-4-1)47-24-14-26-50(39-47)61-63-60(45-23-13-22-44(32-34-45)49-35-33-43-20-7-8-21-46(43)38-49)64-62(65-61)67-57-31-12-10-29-53(57)55-37-36-54-52-28-9-11-30-56(52)66(58(54)59(55)67)51-27-15-25-48(40-51)42-18-5-2-6-19-42/h1-33,35-40H,34H2. The predicted octanol–water partition coefficient (Wildman–Crippen LogP) is 15.6. The Balaban J connectivity index is 1.06. The summed E-state index contributed by atoms with van der Waals surface area (Å²) >= 11 is 0. The maximum Gasteiger partial charge on any atom is 0.238 e. The van der Waals surface area contributed by atoms with Gasteiger partial charge in [-0.3, -0.25) is 4.57 Å². The van der Waals surface area contributed by atoms with Crippen molar-refractivity contribution in [3.63, 3.8) is 0 Å². The van der Waals surface area contributed by atoms with E-state index in [9.17, 15) is 0 Å². The molecule has 0 radical (unpaired) electrons. The van der Waals surface area contributed by atoms with Crippen molar-refractivity contribution >= 4 is 65.5 Å². The molecule has 67 heavy (non-hydrogen) atoms. The molecule has 0 saturated heterocycles. The second-order valence-electron chi connectivity index (χ2n) is 17.2. The lowest BCUT2D eigenvalue weighted by atomic mass is 10.00. The molecule has 0 amide bonds. The van der Waals surface area contributed by atoms with Crippen molar-refractivity contribution in [2.45, 2.75) is 6.42 Å². The van der Waals surface area contributed by atoms with E-state index in [1.807, 2.05) is 0 Å². The molecule has 314 valence electrons. The van der Waals surface area contributed by atoms with Crippen LogP contribution < -0.4 is 0 Å². The molecule has 5 heteroatoms. The van der Waals surface area contributed by atoms with Crippen LogP contribution in [0.4, 0.5) is 0 Å². The number of hydrogen-bond donors (Lipinski definition) is 0. The van der Waals surface area contributed by atoms with Crippen LogP contribution >= 0.6 is 0 Å². The highest BCUT2D eigenvalue weighted by Gasteiger charge is 2.24. The first-order valence-corrected chi connectivity index (χ1v) is 22.8. The minimum Gasteiger partial charge on any atom is -0.307 e. The van der Waals surface area contributed by atoms with Gasteiger partial charge in [-0.05, 0) is 87.0 Å². The number of allylic oxidation sites excluding steroid dienone is 6. The fourth-order valence-electron chi connectivity index (χ4n) is 10.0. The van der Waals surface area contributed by atoms with Gasteiger partial charge in [0.15, 0.2) is 11.6 Å². The van der Waals surface area contributed by atoms with Crippen LogP contribution in [-0.2, 0) is 0 Å². The molecule has 0 atom stereocenters. The van der Waals surface area contributed by atoms with E-state index < -0.39 is 0 Å². The van der Waals surface area contributed by atoms with Crippen molar-refractivity contribution < 1.29 is 0 Å². The number of para-hydroxylation sites is 2. The largest absolute Gasteiger partial charge is 0.307 e. The molecule has 0 aliphatic heterocycles. The van der Waals surface area contributed by atoms with Crippen LogP contribution in [0, 0.1) is 0 Å². The van der Waals surface area contributed by atoms with Crippen molar-refractivity contribution in [2.75, 3.05) is 0 Å². The number of hydrogen-bond acceptors (Lipinski definition) is 3. The van der Waals surface area contributed by atoms with E-state index in [-0.39, 0.29) is 0 Å². The Morgan fingerprint density at radius 3 is 1.70 bits per heavy atom. The highest BCUT2D eigenvalue weighted by Crippen LogP contribution is 2.42. The molecule has 3 heterocycles. The zero-order valence-corrected chi connectivity index (χ0v) is 36.5. The Kier molecular flexibility index (Phi) is 9.17. The van der Waals surface area contributed by atoms with Gasteiger partial charge in [-0.1, -0.05) is 200 Å². The SMILES string of the molecule is C1=CC(c2ccc3ccccc3c2)=CCC(c2nc(-c3cccc(-c4ccccc4)c3)nc(-n3c4ccccc4c4ccc5c6ccccc6n(-c6cccc(-c7ccccc7)c6)c5c43)n2)=C1. The monoisotopic (exact) mass is 855 g/mol. The van der Waals surface area contributed by atoms with E-state index in [1.165, 1.54) is 27.3 Å². The zero-order chi connectivity index (χ0) is 44.3. The van der Waals surface area contributed by atoms with Gasteiger partial charge in [-0.2, -0.15) is 9.97 Å². The van der Waals surface area contributed by atoms with Crippen LogP contribution in [0.1, 0.15) is 17.8 Å². The van der Waals surface area contributed by atoms with Crippen molar-refractivity contribution in [1.82, 2.24) is 24.1 Å². The van der Waals surface area contributed by atoms with Crippen LogP contribution in [0.5, 0.6) is 0 Å². The minimum absolute atomic E-state index is 0.562. The first kappa shape index (κ1) is 38.5. The second kappa shape index (κ2) is 15.9. The third-order valence-electron chi connectivity index (χ3n) is 13.2. The first-order valence-electron chi connectivity index (χ1n) is 22.8. The van der Waals surface area contributed by atoms with Gasteiger partial charge in [-0.15, -0.1) is 0 Å². The maximum atomic E-state index is 5.50. The Morgan fingerprint density at radius 1 is 0.373 bits per heavy atom. The summed E-state index contributed by atoms with van der Waals surface area (Å²) in [6.45, 7) is 0. The van der Waals surface area contributed by atoms with Gasteiger partial charge in [0.1, 0.15) is 0 Å². The van der Waals surface area contributed by atoms with Gasteiger partial charge in [0.05, 0.1) is 22.1 Å². The molecule has 13 rings (SSSR count). The average molecular weight is 856 g/mol. The number of benzene rings is 9. The van der Waals surface area contributed by atoms with Crippen molar-refractivity contribution in [3.8, 4) is 45.3 Å². The summed E-state index contributed by atoms with van der Waals surface area (Å²) in [6.07, 6.45) is 9.43. The summed E-state index contributed by atoms with van der Waals surface area (Å²) in [6, 6.07) is 75.7. The molecule has 0 saturated carbocycles. The quantitative estimate of drug-likeness (QED) is 0.160. The van der Waals surface area contributed by atoms with E-state index in [4.69, 9.17) is 15.0 Å². The molecular formula is C62H41N5. The third-order valence-corrected chi connectivity index (χ3v) is 13.2. The molecule has 12 aromatic rings. The number of rotatable bonds is 7. The lowest BCUT2D eigenvalue weighted by Crippen LogP contribution is -2.09. The Labute approximate surface area is 387 Å². The van der Waals surface area contributed by atoms with E-state index in [0.29, 0.717) is 24.0 Å². The smallest absolute Gasteiger partial charge is 0.238 e. The van der Waals surface area contributed by atoms with Gasteiger partial charge in [0, 0.05) is 38.4 Å². The van der Waals surface area contributed by atoms with E-state index >= 15 is 0 Å². The number of aromatic nitrogens is 5. The van der Waals surface area contributed by atoms with E-state index in [2.05, 4.69) is 246 Å². The molecule has 3 aromatic heterocycles. The van der Waals surface area contributed by atoms with Crippen molar-refractivity contribution in [3.05, 3.63) is 248 Å². The van der Waals surface area contributed by atoms with E-state index in [1.54, 1.807) is 0 Å². The number of nitrogens with zero attached hydrogens (tertiary/aromatic N) is 5. The molecule has 0 unspecified atom stereocenters. The fraction of sp³-hybridized carbons (Fsp3) is 0.0161. The van der Waals surface area contributed by atoms with Crippen LogP contribution in [-0.4, -0.2) is 24.1 Å².